The normalized spacial score (nSPS) is 17.9. The van der Waals surface area contributed by atoms with E-state index < -0.39 is 11.9 Å². The van der Waals surface area contributed by atoms with Crippen molar-refractivity contribution in [1.82, 2.24) is 9.88 Å². The third-order valence-electron chi connectivity index (χ3n) is 3.46. The van der Waals surface area contributed by atoms with Gasteiger partial charge in [-0.05, 0) is 32.8 Å². The zero-order chi connectivity index (χ0) is 17.0. The molecule has 126 valence electrons. The molecule has 1 aromatic rings. The van der Waals surface area contributed by atoms with E-state index >= 15 is 0 Å². The van der Waals surface area contributed by atoms with Crippen LogP contribution in [-0.4, -0.2) is 46.2 Å². The highest BCUT2D eigenvalue weighted by atomic mass is 35.5. The molecule has 7 nitrogen and oxygen atoms in total. The minimum Gasteiger partial charge on any atom is -0.481 e. The van der Waals surface area contributed by atoms with Gasteiger partial charge in [-0.15, -0.1) is 0 Å². The molecule has 1 aromatic heterocycles. The number of urea groups is 1. The average molecular weight is 342 g/mol. The molecule has 0 aromatic carbocycles. The monoisotopic (exact) mass is 341 g/mol. The summed E-state index contributed by atoms with van der Waals surface area (Å²) in [7, 11) is 0. The number of piperidine rings is 1. The summed E-state index contributed by atoms with van der Waals surface area (Å²) in [6.07, 6.45) is 2.58. The zero-order valence-electron chi connectivity index (χ0n) is 13.1. The number of halogens is 1. The molecule has 2 N–H and O–H groups in total. The van der Waals surface area contributed by atoms with Crippen molar-refractivity contribution < 1.29 is 19.4 Å². The number of aromatic nitrogens is 1. The summed E-state index contributed by atoms with van der Waals surface area (Å²) in [6.45, 7) is 4.41. The lowest BCUT2D eigenvalue weighted by Crippen LogP contribution is -2.44. The molecule has 1 atom stereocenters. The predicted octanol–water partition coefficient (Wildman–Crippen LogP) is 2.85. The van der Waals surface area contributed by atoms with Crippen molar-refractivity contribution in [3.8, 4) is 5.88 Å². The lowest BCUT2D eigenvalue weighted by molar-refractivity contribution is -0.143. The Hall–Kier alpha value is -2.02. The number of amides is 2. The quantitative estimate of drug-likeness (QED) is 0.878. The van der Waals surface area contributed by atoms with E-state index in [9.17, 15) is 9.59 Å². The summed E-state index contributed by atoms with van der Waals surface area (Å²) in [4.78, 5) is 29.0. The van der Waals surface area contributed by atoms with Gasteiger partial charge < -0.3 is 20.1 Å². The van der Waals surface area contributed by atoms with Crippen molar-refractivity contribution in [2.45, 2.75) is 32.8 Å². The van der Waals surface area contributed by atoms with E-state index in [1.165, 1.54) is 11.1 Å². The number of rotatable bonds is 4. The second kappa shape index (κ2) is 7.50. The third kappa shape index (κ3) is 4.72. The van der Waals surface area contributed by atoms with Gasteiger partial charge in [0.15, 0.2) is 0 Å². The average Bonchev–Trinajstić information content (AvgIpc) is 2.49. The summed E-state index contributed by atoms with van der Waals surface area (Å²) >= 11 is 5.93. The van der Waals surface area contributed by atoms with Gasteiger partial charge in [0.2, 0.25) is 5.88 Å². The number of hydrogen-bond donors (Lipinski definition) is 2. The number of hydrogen-bond acceptors (Lipinski definition) is 4. The molecule has 8 heteroatoms. The van der Waals surface area contributed by atoms with Crippen LogP contribution in [0.2, 0.25) is 5.02 Å². The maximum atomic E-state index is 12.4. The van der Waals surface area contributed by atoms with Crippen molar-refractivity contribution in [1.29, 1.82) is 0 Å². The number of pyridine rings is 1. The van der Waals surface area contributed by atoms with Gasteiger partial charge in [0, 0.05) is 19.3 Å². The molecule has 1 saturated heterocycles. The van der Waals surface area contributed by atoms with Gasteiger partial charge >= 0.3 is 12.0 Å². The molecule has 0 saturated carbocycles. The van der Waals surface area contributed by atoms with Crippen LogP contribution >= 0.6 is 11.6 Å². The topological polar surface area (TPSA) is 91.8 Å². The fraction of sp³-hybridized carbons (Fsp3) is 0.533. The molecule has 2 heterocycles. The fourth-order valence-corrected chi connectivity index (χ4v) is 2.55. The number of carboxylic acids is 1. The summed E-state index contributed by atoms with van der Waals surface area (Å²) in [5, 5.41) is 12.2. The van der Waals surface area contributed by atoms with Crippen LogP contribution in [0.5, 0.6) is 5.88 Å². The van der Waals surface area contributed by atoms with Crippen LogP contribution in [0.4, 0.5) is 10.5 Å². The van der Waals surface area contributed by atoms with E-state index in [0.29, 0.717) is 30.1 Å². The number of carboxylic acid groups (broad SMARTS) is 1. The molecular formula is C15H20ClN3O4. The van der Waals surface area contributed by atoms with Gasteiger partial charge in [0.25, 0.3) is 0 Å². The van der Waals surface area contributed by atoms with Crippen LogP contribution in [-0.2, 0) is 4.79 Å². The molecule has 0 aliphatic carbocycles. The zero-order valence-corrected chi connectivity index (χ0v) is 13.8. The molecule has 1 aliphatic rings. The Morgan fingerprint density at radius 1 is 1.52 bits per heavy atom. The molecule has 23 heavy (non-hydrogen) atoms. The van der Waals surface area contributed by atoms with E-state index in [2.05, 4.69) is 10.3 Å². The molecule has 2 rings (SSSR count). The number of nitrogens with one attached hydrogen (secondary N) is 1. The van der Waals surface area contributed by atoms with Crippen LogP contribution in [0.1, 0.15) is 26.7 Å². The van der Waals surface area contributed by atoms with Gasteiger partial charge in [-0.1, -0.05) is 11.6 Å². The first-order valence-corrected chi connectivity index (χ1v) is 7.85. The van der Waals surface area contributed by atoms with Crippen molar-refractivity contribution >= 4 is 29.3 Å². The molecule has 0 radical (unpaired) electrons. The highest BCUT2D eigenvalue weighted by molar-refractivity contribution is 6.30. The van der Waals surface area contributed by atoms with Crippen LogP contribution in [0.15, 0.2) is 12.3 Å². The molecular weight excluding hydrogens is 322 g/mol. The summed E-state index contributed by atoms with van der Waals surface area (Å²) < 4.78 is 5.55. The second-order valence-corrected chi connectivity index (χ2v) is 6.16. The van der Waals surface area contributed by atoms with Gasteiger partial charge in [-0.25, -0.2) is 9.78 Å². The number of carbonyl (C=O) groups is 2. The van der Waals surface area contributed by atoms with Crippen molar-refractivity contribution in [3.05, 3.63) is 17.3 Å². The minimum absolute atomic E-state index is 0.106. The predicted molar refractivity (Wildman–Crippen MR) is 86.0 cm³/mol. The Morgan fingerprint density at radius 3 is 2.91 bits per heavy atom. The maximum absolute atomic E-state index is 12.4. The highest BCUT2D eigenvalue weighted by Gasteiger charge is 2.28. The first kappa shape index (κ1) is 17.3. The van der Waals surface area contributed by atoms with Gasteiger partial charge in [-0.3, -0.25) is 4.79 Å². The summed E-state index contributed by atoms with van der Waals surface area (Å²) in [5.74, 6) is -1.13. The van der Waals surface area contributed by atoms with Gasteiger partial charge in [0.05, 0.1) is 17.0 Å². The van der Waals surface area contributed by atoms with E-state index in [1.807, 2.05) is 13.8 Å². The van der Waals surface area contributed by atoms with Crippen LogP contribution in [0.3, 0.4) is 0 Å². The van der Waals surface area contributed by atoms with Crippen LogP contribution in [0, 0.1) is 5.92 Å². The van der Waals surface area contributed by atoms with Crippen molar-refractivity contribution in [2.75, 3.05) is 18.4 Å². The van der Waals surface area contributed by atoms with E-state index in [0.717, 1.165) is 0 Å². The third-order valence-corrected chi connectivity index (χ3v) is 3.67. The number of aliphatic carboxylic acids is 1. The molecule has 1 aliphatic heterocycles. The number of nitrogens with zero attached hydrogens (tertiary/aromatic N) is 2. The Labute approximate surface area is 139 Å². The van der Waals surface area contributed by atoms with Crippen molar-refractivity contribution in [3.63, 3.8) is 0 Å². The van der Waals surface area contributed by atoms with Gasteiger partial charge in [0.1, 0.15) is 5.69 Å². The molecule has 1 unspecified atom stereocenters. The van der Waals surface area contributed by atoms with Crippen LogP contribution < -0.4 is 10.1 Å². The number of ether oxygens (including phenoxy) is 1. The lowest BCUT2D eigenvalue weighted by Gasteiger charge is -2.30. The molecule has 2 amide bonds. The fourth-order valence-electron chi connectivity index (χ4n) is 2.39. The molecule has 0 spiro atoms. The first-order valence-electron chi connectivity index (χ1n) is 7.47. The number of likely N-dealkylation sites (tertiary alicyclic amines) is 1. The van der Waals surface area contributed by atoms with E-state index in [1.54, 1.807) is 6.07 Å². The standard InChI is InChI=1S/C15H20ClN3O4/c1-9(2)23-13-12(6-11(16)7-17-13)18-15(22)19-5-3-4-10(8-19)14(20)21/h6-7,9-10H,3-5,8H2,1-2H3,(H,18,22)(H,20,21). The number of anilines is 1. The van der Waals surface area contributed by atoms with Crippen LogP contribution in [0.25, 0.3) is 0 Å². The minimum atomic E-state index is -0.879. The highest BCUT2D eigenvalue weighted by Crippen LogP contribution is 2.27. The Bertz CT molecular complexity index is 594. The Kier molecular flexibility index (Phi) is 5.65. The largest absolute Gasteiger partial charge is 0.481 e. The van der Waals surface area contributed by atoms with Crippen molar-refractivity contribution in [2.24, 2.45) is 5.92 Å². The summed E-state index contributed by atoms with van der Waals surface area (Å²) in [6, 6.07) is 1.18. The second-order valence-electron chi connectivity index (χ2n) is 5.73. The number of carbonyl (C=O) groups excluding carboxylic acids is 1. The Balaban J connectivity index is 2.10. The lowest BCUT2D eigenvalue weighted by atomic mass is 9.99. The van der Waals surface area contributed by atoms with Gasteiger partial charge in [-0.2, -0.15) is 0 Å². The molecule has 0 bridgehead atoms. The Morgan fingerprint density at radius 2 is 2.26 bits per heavy atom. The van der Waals surface area contributed by atoms with E-state index in [-0.39, 0.29) is 24.6 Å². The first-order chi connectivity index (χ1) is 10.9. The molecule has 1 fully saturated rings. The smallest absolute Gasteiger partial charge is 0.322 e. The maximum Gasteiger partial charge on any atom is 0.322 e. The van der Waals surface area contributed by atoms with E-state index in [4.69, 9.17) is 21.4 Å². The summed E-state index contributed by atoms with van der Waals surface area (Å²) in [5.41, 5.74) is 0.369. The SMILES string of the molecule is CC(C)Oc1ncc(Cl)cc1NC(=O)N1CCCC(C(=O)O)C1.